The molecule has 0 saturated heterocycles. The molecule has 0 aromatic heterocycles. The Bertz CT molecular complexity index is 249. The molecule has 1 heterocycles. The van der Waals surface area contributed by atoms with Crippen LogP contribution < -0.4 is 0 Å². The number of hydrogen-bond donors (Lipinski definition) is 0. The molecule has 2 nitrogen and oxygen atoms in total. The van der Waals surface area contributed by atoms with E-state index < -0.39 is 23.4 Å². The van der Waals surface area contributed by atoms with Crippen molar-refractivity contribution in [3.8, 4) is 0 Å². The van der Waals surface area contributed by atoms with Gasteiger partial charge in [0.05, 0.1) is 5.88 Å². The third-order valence-corrected chi connectivity index (χ3v) is 2.04. The van der Waals surface area contributed by atoms with E-state index in [0.29, 0.717) is 0 Å². The standard InChI is InChI=1S/C6H5Cl2F3N2/c7-1-4-12-2-3(5(8)13-4)6(9,10)11/h2-4H,1H2. The quantitative estimate of drug-likeness (QED) is 0.621. The minimum atomic E-state index is -4.43. The Morgan fingerprint density at radius 3 is 2.46 bits per heavy atom. The lowest BCUT2D eigenvalue weighted by molar-refractivity contribution is -0.137. The van der Waals surface area contributed by atoms with Gasteiger partial charge in [-0.3, -0.25) is 4.99 Å². The largest absolute Gasteiger partial charge is 0.403 e. The summed E-state index contributed by atoms with van der Waals surface area (Å²) in [5.41, 5.74) is 0. The molecule has 74 valence electrons. The molecular weight excluding hydrogens is 228 g/mol. The SMILES string of the molecule is FC(F)(F)C1C=NC(CCl)N=C1Cl. The van der Waals surface area contributed by atoms with Gasteiger partial charge in [-0.2, -0.15) is 13.2 Å². The smallest absolute Gasteiger partial charge is 0.268 e. The summed E-state index contributed by atoms with van der Waals surface area (Å²) in [7, 11) is 0. The molecule has 0 aromatic rings. The zero-order chi connectivity index (χ0) is 10.1. The van der Waals surface area contributed by atoms with E-state index in [1.807, 2.05) is 0 Å². The lowest BCUT2D eigenvalue weighted by atomic mass is 10.1. The Morgan fingerprint density at radius 1 is 1.46 bits per heavy atom. The molecule has 0 aliphatic carbocycles. The van der Waals surface area contributed by atoms with Crippen LogP contribution in [-0.4, -0.2) is 29.6 Å². The van der Waals surface area contributed by atoms with Crippen molar-refractivity contribution in [1.82, 2.24) is 0 Å². The molecule has 0 spiro atoms. The molecule has 13 heavy (non-hydrogen) atoms. The van der Waals surface area contributed by atoms with Crippen molar-refractivity contribution in [2.45, 2.75) is 12.3 Å². The lowest BCUT2D eigenvalue weighted by Gasteiger charge is -2.19. The van der Waals surface area contributed by atoms with Gasteiger partial charge in [-0.25, -0.2) is 4.99 Å². The third-order valence-electron chi connectivity index (χ3n) is 1.43. The fraction of sp³-hybridized carbons (Fsp3) is 0.667. The molecule has 0 N–H and O–H groups in total. The second-order valence-corrected chi connectivity index (χ2v) is 3.10. The van der Waals surface area contributed by atoms with Crippen molar-refractivity contribution in [1.29, 1.82) is 0 Å². The summed E-state index contributed by atoms with van der Waals surface area (Å²) in [6.07, 6.45) is -4.38. The van der Waals surface area contributed by atoms with E-state index in [4.69, 9.17) is 23.2 Å². The first-order chi connectivity index (χ1) is 5.95. The van der Waals surface area contributed by atoms with Gasteiger partial charge >= 0.3 is 6.18 Å². The number of halogens is 5. The highest BCUT2D eigenvalue weighted by Crippen LogP contribution is 2.29. The van der Waals surface area contributed by atoms with Gasteiger partial charge in [0.15, 0.2) is 6.17 Å². The number of aliphatic imine (C=N–C) groups is 2. The van der Waals surface area contributed by atoms with Crippen molar-refractivity contribution in [2.24, 2.45) is 15.9 Å². The van der Waals surface area contributed by atoms with Gasteiger partial charge in [0, 0.05) is 6.21 Å². The van der Waals surface area contributed by atoms with Crippen LogP contribution in [0, 0.1) is 5.92 Å². The first kappa shape index (κ1) is 10.8. The van der Waals surface area contributed by atoms with Crippen LogP contribution >= 0.6 is 23.2 Å². The molecule has 0 saturated carbocycles. The number of nitrogens with zero attached hydrogens (tertiary/aromatic N) is 2. The molecule has 2 unspecified atom stereocenters. The van der Waals surface area contributed by atoms with Crippen LogP contribution in [0.5, 0.6) is 0 Å². The number of hydrogen-bond acceptors (Lipinski definition) is 2. The molecule has 1 rings (SSSR count). The molecule has 1 aliphatic heterocycles. The summed E-state index contributed by atoms with van der Waals surface area (Å²) in [6, 6.07) is 0. The number of alkyl halides is 4. The van der Waals surface area contributed by atoms with Gasteiger partial charge in [-0.15, -0.1) is 11.6 Å². The fourth-order valence-corrected chi connectivity index (χ4v) is 1.24. The lowest BCUT2D eigenvalue weighted by Crippen LogP contribution is -2.33. The molecule has 0 fully saturated rings. The maximum absolute atomic E-state index is 12.1. The number of rotatable bonds is 1. The predicted molar refractivity (Wildman–Crippen MR) is 45.8 cm³/mol. The highest BCUT2D eigenvalue weighted by atomic mass is 35.5. The summed E-state index contributed by atoms with van der Waals surface area (Å²) in [5, 5.41) is -0.506. The topological polar surface area (TPSA) is 24.7 Å². The van der Waals surface area contributed by atoms with Crippen molar-refractivity contribution < 1.29 is 13.2 Å². The second kappa shape index (κ2) is 3.84. The molecular formula is C6H5Cl2F3N2. The maximum Gasteiger partial charge on any atom is 0.403 e. The van der Waals surface area contributed by atoms with Crippen LogP contribution in [0.1, 0.15) is 0 Å². The highest BCUT2D eigenvalue weighted by molar-refractivity contribution is 6.67. The zero-order valence-corrected chi connectivity index (χ0v) is 7.74. The highest BCUT2D eigenvalue weighted by Gasteiger charge is 2.43. The minimum Gasteiger partial charge on any atom is -0.268 e. The Labute approximate surface area is 82.5 Å². The average Bonchev–Trinajstić information content (AvgIpc) is 2.01. The van der Waals surface area contributed by atoms with Crippen LogP contribution in [0.25, 0.3) is 0 Å². The van der Waals surface area contributed by atoms with E-state index in [2.05, 4.69) is 9.98 Å². The van der Waals surface area contributed by atoms with Gasteiger partial charge in [0.25, 0.3) is 0 Å². The normalized spacial score (nSPS) is 28.8. The van der Waals surface area contributed by atoms with Crippen LogP contribution in [0.2, 0.25) is 0 Å². The van der Waals surface area contributed by atoms with Crippen LogP contribution in [-0.2, 0) is 0 Å². The first-order valence-electron chi connectivity index (χ1n) is 3.34. The van der Waals surface area contributed by atoms with Crippen LogP contribution in [0.3, 0.4) is 0 Å². The molecule has 0 bridgehead atoms. The van der Waals surface area contributed by atoms with E-state index >= 15 is 0 Å². The molecule has 2 atom stereocenters. The van der Waals surface area contributed by atoms with E-state index in [1.165, 1.54) is 0 Å². The van der Waals surface area contributed by atoms with Crippen molar-refractivity contribution >= 4 is 34.6 Å². The maximum atomic E-state index is 12.1. The molecule has 0 amide bonds. The van der Waals surface area contributed by atoms with Crippen LogP contribution in [0.4, 0.5) is 13.2 Å². The predicted octanol–water partition coefficient (Wildman–Crippen LogP) is 2.45. The van der Waals surface area contributed by atoms with Gasteiger partial charge in [-0.1, -0.05) is 11.6 Å². The summed E-state index contributed by atoms with van der Waals surface area (Å²) in [5.74, 6) is -1.86. The van der Waals surface area contributed by atoms with Crippen LogP contribution in [0.15, 0.2) is 9.98 Å². The van der Waals surface area contributed by atoms with Gasteiger partial charge < -0.3 is 0 Å². The molecule has 1 aliphatic rings. The van der Waals surface area contributed by atoms with Gasteiger partial charge in [0.2, 0.25) is 0 Å². The summed E-state index contributed by atoms with van der Waals surface area (Å²) < 4.78 is 36.4. The molecule has 0 aromatic carbocycles. The Morgan fingerprint density at radius 2 is 2.08 bits per heavy atom. The Hall–Kier alpha value is -0.290. The van der Waals surface area contributed by atoms with E-state index in [-0.39, 0.29) is 5.88 Å². The summed E-state index contributed by atoms with van der Waals surface area (Å²) >= 11 is 10.7. The van der Waals surface area contributed by atoms with Crippen molar-refractivity contribution in [2.75, 3.05) is 5.88 Å². The van der Waals surface area contributed by atoms with E-state index in [9.17, 15) is 13.2 Å². The molecule has 7 heteroatoms. The Balaban J connectivity index is 2.79. The average molecular weight is 233 g/mol. The summed E-state index contributed by atoms with van der Waals surface area (Å²) in [4.78, 5) is 6.98. The van der Waals surface area contributed by atoms with Gasteiger partial charge in [-0.05, 0) is 0 Å². The monoisotopic (exact) mass is 232 g/mol. The second-order valence-electron chi connectivity index (χ2n) is 2.40. The summed E-state index contributed by atoms with van der Waals surface area (Å²) in [6.45, 7) is 0. The Kier molecular flexibility index (Phi) is 3.18. The van der Waals surface area contributed by atoms with Crippen molar-refractivity contribution in [3.63, 3.8) is 0 Å². The third kappa shape index (κ3) is 2.57. The first-order valence-corrected chi connectivity index (χ1v) is 4.25. The fourth-order valence-electron chi connectivity index (χ4n) is 0.797. The molecule has 0 radical (unpaired) electrons. The van der Waals surface area contributed by atoms with E-state index in [0.717, 1.165) is 6.21 Å². The zero-order valence-electron chi connectivity index (χ0n) is 6.22. The minimum absolute atomic E-state index is 0.0251. The van der Waals surface area contributed by atoms with Crippen molar-refractivity contribution in [3.05, 3.63) is 0 Å². The van der Waals surface area contributed by atoms with E-state index in [1.54, 1.807) is 0 Å². The van der Waals surface area contributed by atoms with Gasteiger partial charge in [0.1, 0.15) is 11.1 Å².